The van der Waals surface area contributed by atoms with Gasteiger partial charge in [-0.2, -0.15) is 0 Å². The van der Waals surface area contributed by atoms with Crippen LogP contribution >= 0.6 is 34.1 Å². The summed E-state index contributed by atoms with van der Waals surface area (Å²) in [5.41, 5.74) is 1.79. The third-order valence-corrected chi connectivity index (χ3v) is 10.8. The number of hydrogen-bond donors (Lipinski definition) is 6. The van der Waals surface area contributed by atoms with E-state index in [0.29, 0.717) is 50.9 Å². The first kappa shape index (κ1) is 48.5. The van der Waals surface area contributed by atoms with Crippen LogP contribution in [0.25, 0.3) is 0 Å². The van der Waals surface area contributed by atoms with E-state index in [4.69, 9.17) is 19.7 Å². The maximum atomic E-state index is 13.1. The van der Waals surface area contributed by atoms with Gasteiger partial charge in [0, 0.05) is 0 Å². The number of H-pyrrole nitrogens is 2. The van der Waals surface area contributed by atoms with Crippen molar-refractivity contribution in [1.29, 1.82) is 0 Å². The molecule has 7 aromatic rings. The van der Waals surface area contributed by atoms with E-state index in [0.717, 1.165) is 27.8 Å². The summed E-state index contributed by atoms with van der Waals surface area (Å²) in [6, 6.07) is 11.7. The number of nitrogens with one attached hydrogen (secondary N) is 2. The van der Waals surface area contributed by atoms with Crippen LogP contribution in [0.15, 0.2) is 88.3 Å². The molecule has 3 atom stereocenters. The molecule has 3 unspecified atom stereocenters. The summed E-state index contributed by atoms with van der Waals surface area (Å²) in [4.78, 5) is 28.9. The summed E-state index contributed by atoms with van der Waals surface area (Å²) >= 11 is 3.99. The van der Waals surface area contributed by atoms with Crippen molar-refractivity contribution in [2.24, 2.45) is 9.98 Å². The van der Waals surface area contributed by atoms with E-state index >= 15 is 0 Å². The predicted molar refractivity (Wildman–Crippen MR) is 232 cm³/mol. The number of alkyl halides is 3. The molecular weight excluding hydrogens is 881 g/mol. The number of thioether (sulfide) groups is 1. The number of rotatable bonds is 13. The Morgan fingerprint density at radius 1 is 0.746 bits per heavy atom. The van der Waals surface area contributed by atoms with E-state index in [9.17, 15) is 23.4 Å². The predicted octanol–water partition coefficient (Wildman–Crippen LogP) is 6.21. The molecule has 25 heteroatoms. The fourth-order valence-corrected chi connectivity index (χ4v) is 7.43. The van der Waals surface area contributed by atoms with Gasteiger partial charge in [-0.15, -0.1) is 0 Å². The van der Waals surface area contributed by atoms with E-state index in [1.54, 1.807) is 49.5 Å². The van der Waals surface area contributed by atoms with Crippen molar-refractivity contribution >= 4 is 58.1 Å². The number of ether oxygens (including phenoxy) is 2. The molecule has 7 aromatic heterocycles. The molecule has 0 radical (unpaired) electrons. The van der Waals surface area contributed by atoms with Crippen molar-refractivity contribution in [2.45, 2.75) is 63.1 Å². The normalized spacial score (nSPS) is 13.1. The zero-order valence-electron chi connectivity index (χ0n) is 34.2. The van der Waals surface area contributed by atoms with Crippen molar-refractivity contribution < 1.29 is 43.1 Å². The molecule has 0 amide bonds. The summed E-state index contributed by atoms with van der Waals surface area (Å²) in [6.45, 7) is 8.61. The van der Waals surface area contributed by atoms with Crippen LogP contribution in [0.3, 0.4) is 0 Å². The average molecular weight is 922 g/mol. The molecule has 0 saturated carbocycles. The van der Waals surface area contributed by atoms with E-state index in [1.165, 1.54) is 29.6 Å². The molecule has 7 rings (SSSR count). The monoisotopic (exact) mass is 921 g/mol. The van der Waals surface area contributed by atoms with Crippen molar-refractivity contribution in [3.05, 3.63) is 117 Å². The Morgan fingerprint density at radius 2 is 1.27 bits per heavy atom. The van der Waals surface area contributed by atoms with E-state index < -0.39 is 30.6 Å². The van der Waals surface area contributed by atoms with Crippen LogP contribution < -0.4 is 19.1 Å². The van der Waals surface area contributed by atoms with E-state index in [2.05, 4.69) is 62.2 Å². The first-order valence-corrected chi connectivity index (χ1v) is 21.5. The summed E-state index contributed by atoms with van der Waals surface area (Å²) < 4.78 is 50.9. The number of aliphatic hydroxyl groups excluding tert-OH is 4. The number of halogens is 3. The molecule has 0 aliphatic heterocycles. The molecule has 0 bridgehead atoms. The number of aliphatic hydroxyl groups is 4. The SMILES string of the molecule is CC.Cc1nnccc1Oc1cc(C(F)(F)F)cnc1/N=c1/[nH]c(C(O)CO)bs1.Cc1nnccc1Oc1cc(SC(C)c2ccccn2)cnc1/N=c1/[nH]c(C(O)CO)bs1. The fraction of sp³-hybridized carbons (Fsp3) is 0.289. The molecule has 0 aliphatic carbocycles. The van der Waals surface area contributed by atoms with Gasteiger partial charge in [0.1, 0.15) is 0 Å². The summed E-state index contributed by atoms with van der Waals surface area (Å²) in [5.74, 6) is 1.25. The Morgan fingerprint density at radius 3 is 1.75 bits per heavy atom. The summed E-state index contributed by atoms with van der Waals surface area (Å²) in [5, 5.41) is 53.1. The van der Waals surface area contributed by atoms with Gasteiger partial charge in [0.05, 0.1) is 0 Å². The number of aryl methyl sites for hydroxylation is 2. The van der Waals surface area contributed by atoms with Crippen LogP contribution in [0.1, 0.15) is 72.1 Å². The van der Waals surface area contributed by atoms with Crippen LogP contribution in [0.5, 0.6) is 23.0 Å². The van der Waals surface area contributed by atoms with Crippen molar-refractivity contribution in [2.75, 3.05) is 13.2 Å². The second-order valence-corrected chi connectivity index (χ2v) is 15.7. The van der Waals surface area contributed by atoms with Gasteiger partial charge in [-0.3, -0.25) is 0 Å². The zero-order chi connectivity index (χ0) is 45.5. The van der Waals surface area contributed by atoms with Crippen molar-refractivity contribution in [1.82, 2.24) is 45.3 Å². The summed E-state index contributed by atoms with van der Waals surface area (Å²) in [6.07, 6.45) is 3.58. The van der Waals surface area contributed by atoms with Crippen molar-refractivity contribution in [3.63, 3.8) is 0 Å². The minimum atomic E-state index is -4.61. The molecule has 17 nitrogen and oxygen atoms in total. The Labute approximate surface area is 371 Å². The first-order valence-electron chi connectivity index (χ1n) is 18.9. The topological polar surface area (TPSA) is 246 Å². The Bertz CT molecular complexity index is 2690. The fourth-order valence-electron chi connectivity index (χ4n) is 4.93. The molecule has 0 aliphatic rings. The number of hydrogen-bond acceptors (Lipinski definition) is 18. The molecule has 328 valence electrons. The molecule has 6 N–H and O–H groups in total. The number of aromatic amines is 2. The number of aromatic nitrogens is 9. The Hall–Kier alpha value is -5.56. The number of pyridine rings is 3. The summed E-state index contributed by atoms with van der Waals surface area (Å²) in [7, 11) is 0. The third kappa shape index (κ3) is 13.7. The van der Waals surface area contributed by atoms with Gasteiger partial charge < -0.3 is 0 Å². The number of nitrogens with zero attached hydrogens (tertiary/aromatic N) is 9. The van der Waals surface area contributed by atoms with Gasteiger partial charge in [-0.25, -0.2) is 0 Å². The van der Waals surface area contributed by atoms with Crippen LogP contribution in [-0.4, -0.2) is 91.3 Å². The first-order chi connectivity index (χ1) is 30.3. The molecule has 63 heavy (non-hydrogen) atoms. The van der Waals surface area contributed by atoms with Gasteiger partial charge in [0.2, 0.25) is 0 Å². The quantitative estimate of drug-likeness (QED) is 0.0705. The van der Waals surface area contributed by atoms with Gasteiger partial charge in [-0.1, -0.05) is 13.8 Å². The standard InChI is InChI=1S/C21H21BN6O3S2.C15H13BF3N5O3S.C2H6/c1-12-17(6-8-25-28-12)31-18-9-14(32-13(2)15-5-3-4-7-23-15)10-24-20(18)27-21-26-19(22-33-21)16(30)11-29;1-7-10(2-3-21-24-7)27-11-4-8(15(17,18)19)5-20-13(11)23-14-22-12(16-28-14)9(26)6-25;1-2/h3-10,13,16,29-30H,11H2,1-2H3,(H,24,26,27);2-5,9,25-26H,6H2,1H3,(H,20,22,23);1-2H3. The van der Waals surface area contributed by atoms with Crippen LogP contribution in [0.4, 0.5) is 24.8 Å². The molecule has 0 fully saturated rings. The average Bonchev–Trinajstić information content (AvgIpc) is 3.97. The minimum absolute atomic E-state index is 0.104. The zero-order valence-corrected chi connectivity index (χ0v) is 36.7. The van der Waals surface area contributed by atoms with Crippen molar-refractivity contribution in [3.8, 4) is 23.0 Å². The third-order valence-electron chi connectivity index (χ3n) is 8.12. The van der Waals surface area contributed by atoms with Gasteiger partial charge in [0.15, 0.2) is 0 Å². The van der Waals surface area contributed by atoms with Gasteiger partial charge in [-0.05, 0) is 6.07 Å². The second-order valence-electron chi connectivity index (χ2n) is 12.6. The molecular formula is C38H40B2F3N11O6S3. The molecule has 7 heterocycles. The van der Waals surface area contributed by atoms with E-state index in [1.807, 2.05) is 45.0 Å². The van der Waals surface area contributed by atoms with Crippen LogP contribution in [0, 0.1) is 13.8 Å². The molecule has 0 saturated heterocycles. The van der Waals surface area contributed by atoms with Crippen LogP contribution in [-0.2, 0) is 6.18 Å². The van der Waals surface area contributed by atoms with E-state index in [-0.39, 0.29) is 34.0 Å². The Balaban J connectivity index is 0.000000232. The van der Waals surface area contributed by atoms with Gasteiger partial charge >= 0.3 is 353 Å². The Kier molecular flexibility index (Phi) is 17.9. The van der Waals surface area contributed by atoms with Gasteiger partial charge in [0.25, 0.3) is 0 Å². The molecule has 0 aromatic carbocycles. The van der Waals surface area contributed by atoms with Crippen LogP contribution in [0.2, 0.25) is 0 Å². The maximum absolute atomic E-state index is 13.1. The second kappa shape index (κ2) is 23.2. The molecule has 0 spiro atoms.